The summed E-state index contributed by atoms with van der Waals surface area (Å²) in [6, 6.07) is 10.8. The highest BCUT2D eigenvalue weighted by molar-refractivity contribution is 5.78. The van der Waals surface area contributed by atoms with Gasteiger partial charge in [0.25, 0.3) is 0 Å². The lowest BCUT2D eigenvalue weighted by atomic mass is 10.0. The Morgan fingerprint density at radius 1 is 1.05 bits per heavy atom. The number of halogens is 1. The predicted molar refractivity (Wildman–Crippen MR) is 75.1 cm³/mol. The summed E-state index contributed by atoms with van der Waals surface area (Å²) in [7, 11) is 0. The van der Waals surface area contributed by atoms with E-state index in [9.17, 15) is 4.39 Å². The van der Waals surface area contributed by atoms with E-state index in [1.165, 1.54) is 6.07 Å². The fourth-order valence-corrected chi connectivity index (χ4v) is 2.22. The first-order valence-corrected chi connectivity index (χ1v) is 6.19. The Kier molecular flexibility index (Phi) is 3.37. The number of nitrogens with two attached hydrogens (primary N) is 1. The third-order valence-corrected chi connectivity index (χ3v) is 3.17. The fraction of sp³-hybridized carbons (Fsp3) is 0.0667. The maximum Gasteiger partial charge on any atom is 0.141 e. The molecule has 1 aromatic carbocycles. The van der Waals surface area contributed by atoms with Crippen molar-refractivity contribution >= 4 is 10.9 Å². The van der Waals surface area contributed by atoms with Crippen LogP contribution < -0.4 is 11.3 Å². The molecule has 4 nitrogen and oxygen atoms in total. The Morgan fingerprint density at radius 2 is 1.85 bits per heavy atom. The molecule has 0 amide bonds. The van der Waals surface area contributed by atoms with Crippen LogP contribution >= 0.6 is 0 Å². The summed E-state index contributed by atoms with van der Waals surface area (Å²) in [5, 5.41) is 1.01. The van der Waals surface area contributed by atoms with Crippen LogP contribution in [0.3, 0.4) is 0 Å². The molecule has 2 heterocycles. The van der Waals surface area contributed by atoms with Crippen molar-refractivity contribution in [3.05, 3.63) is 71.9 Å². The van der Waals surface area contributed by atoms with Gasteiger partial charge >= 0.3 is 0 Å². The smallest absolute Gasteiger partial charge is 0.141 e. The van der Waals surface area contributed by atoms with Crippen molar-refractivity contribution in [2.75, 3.05) is 0 Å². The SMILES string of the molecule is NNC(c1cncc(F)c1)c1cnc2ccccc2c1. The van der Waals surface area contributed by atoms with Gasteiger partial charge < -0.3 is 0 Å². The van der Waals surface area contributed by atoms with Crippen LogP contribution in [0.5, 0.6) is 0 Å². The largest absolute Gasteiger partial charge is 0.271 e. The average molecular weight is 268 g/mol. The maximum atomic E-state index is 13.3. The van der Waals surface area contributed by atoms with Gasteiger partial charge in [-0.1, -0.05) is 18.2 Å². The van der Waals surface area contributed by atoms with Crippen LogP contribution in [-0.4, -0.2) is 9.97 Å². The van der Waals surface area contributed by atoms with Crippen molar-refractivity contribution < 1.29 is 4.39 Å². The van der Waals surface area contributed by atoms with E-state index in [1.807, 2.05) is 30.3 Å². The van der Waals surface area contributed by atoms with Crippen LogP contribution in [0.25, 0.3) is 10.9 Å². The molecule has 1 unspecified atom stereocenters. The van der Waals surface area contributed by atoms with E-state index in [0.717, 1.165) is 22.7 Å². The number of hydrazine groups is 1. The second kappa shape index (κ2) is 5.32. The highest BCUT2D eigenvalue weighted by Crippen LogP contribution is 2.23. The average Bonchev–Trinajstić information content (AvgIpc) is 2.48. The molecule has 0 aliphatic heterocycles. The Morgan fingerprint density at radius 3 is 2.65 bits per heavy atom. The van der Waals surface area contributed by atoms with E-state index in [-0.39, 0.29) is 6.04 Å². The molecule has 20 heavy (non-hydrogen) atoms. The van der Waals surface area contributed by atoms with Gasteiger partial charge in [-0.15, -0.1) is 0 Å². The highest BCUT2D eigenvalue weighted by Gasteiger charge is 2.14. The zero-order valence-electron chi connectivity index (χ0n) is 10.6. The molecule has 0 spiro atoms. The number of fused-ring (bicyclic) bond motifs is 1. The number of hydrogen-bond acceptors (Lipinski definition) is 4. The van der Waals surface area contributed by atoms with E-state index in [4.69, 9.17) is 5.84 Å². The van der Waals surface area contributed by atoms with E-state index >= 15 is 0 Å². The zero-order valence-corrected chi connectivity index (χ0v) is 10.6. The summed E-state index contributed by atoms with van der Waals surface area (Å²) in [5.74, 6) is 5.21. The van der Waals surface area contributed by atoms with Crippen LogP contribution in [0, 0.1) is 5.82 Å². The van der Waals surface area contributed by atoms with Crippen molar-refractivity contribution in [1.82, 2.24) is 15.4 Å². The van der Waals surface area contributed by atoms with Crippen molar-refractivity contribution in [2.45, 2.75) is 6.04 Å². The zero-order chi connectivity index (χ0) is 13.9. The highest BCUT2D eigenvalue weighted by atomic mass is 19.1. The van der Waals surface area contributed by atoms with Gasteiger partial charge in [0.15, 0.2) is 0 Å². The van der Waals surface area contributed by atoms with Gasteiger partial charge in [0.1, 0.15) is 5.82 Å². The third-order valence-electron chi connectivity index (χ3n) is 3.17. The fourth-order valence-electron chi connectivity index (χ4n) is 2.22. The van der Waals surface area contributed by atoms with Crippen LogP contribution in [-0.2, 0) is 0 Å². The van der Waals surface area contributed by atoms with Crippen LogP contribution in [0.15, 0.2) is 55.0 Å². The lowest BCUT2D eigenvalue weighted by molar-refractivity contribution is 0.597. The van der Waals surface area contributed by atoms with Crippen molar-refractivity contribution in [2.24, 2.45) is 5.84 Å². The molecular weight excluding hydrogens is 255 g/mol. The minimum Gasteiger partial charge on any atom is -0.271 e. The first-order chi connectivity index (χ1) is 9.78. The van der Waals surface area contributed by atoms with E-state index in [2.05, 4.69) is 15.4 Å². The number of rotatable bonds is 3. The summed E-state index contributed by atoms with van der Waals surface area (Å²) in [4.78, 5) is 8.24. The van der Waals surface area contributed by atoms with Gasteiger partial charge in [0.2, 0.25) is 0 Å². The predicted octanol–water partition coefficient (Wildman–Crippen LogP) is 2.32. The van der Waals surface area contributed by atoms with Crippen molar-refractivity contribution in [3.63, 3.8) is 0 Å². The van der Waals surface area contributed by atoms with E-state index in [0.29, 0.717) is 5.56 Å². The Hall–Kier alpha value is -2.37. The Bertz CT molecular complexity index is 745. The number of aromatic nitrogens is 2. The van der Waals surface area contributed by atoms with Gasteiger partial charge in [0, 0.05) is 17.8 Å². The Labute approximate surface area is 115 Å². The van der Waals surface area contributed by atoms with Crippen molar-refractivity contribution in [1.29, 1.82) is 0 Å². The van der Waals surface area contributed by atoms with E-state index in [1.54, 1.807) is 12.4 Å². The van der Waals surface area contributed by atoms with Gasteiger partial charge in [-0.3, -0.25) is 15.8 Å². The number of nitrogens with zero attached hydrogens (tertiary/aromatic N) is 2. The number of hydrogen-bond donors (Lipinski definition) is 2. The number of benzene rings is 1. The van der Waals surface area contributed by atoms with Crippen LogP contribution in [0.1, 0.15) is 17.2 Å². The van der Waals surface area contributed by atoms with Gasteiger partial charge in [-0.2, -0.15) is 0 Å². The summed E-state index contributed by atoms with van der Waals surface area (Å²) in [6.07, 6.45) is 4.48. The quantitative estimate of drug-likeness (QED) is 0.565. The van der Waals surface area contributed by atoms with E-state index < -0.39 is 5.82 Å². The monoisotopic (exact) mass is 268 g/mol. The number of nitrogens with one attached hydrogen (secondary N) is 1. The van der Waals surface area contributed by atoms with Gasteiger partial charge in [0.05, 0.1) is 17.8 Å². The molecule has 0 saturated carbocycles. The third kappa shape index (κ3) is 2.36. The summed E-state index contributed by atoms with van der Waals surface area (Å²) < 4.78 is 13.3. The number of pyridine rings is 2. The topological polar surface area (TPSA) is 63.8 Å². The molecule has 0 radical (unpaired) electrons. The molecule has 1 atom stereocenters. The molecule has 0 saturated heterocycles. The molecule has 3 N–H and O–H groups in total. The molecule has 3 rings (SSSR count). The second-order valence-electron chi connectivity index (χ2n) is 4.50. The molecule has 0 fully saturated rings. The number of para-hydroxylation sites is 1. The van der Waals surface area contributed by atoms with Gasteiger partial charge in [-0.25, -0.2) is 9.82 Å². The summed E-state index contributed by atoms with van der Waals surface area (Å²) >= 11 is 0. The normalized spacial score (nSPS) is 12.5. The first-order valence-electron chi connectivity index (χ1n) is 6.19. The van der Waals surface area contributed by atoms with Crippen LogP contribution in [0.2, 0.25) is 0 Å². The molecule has 3 aromatic rings. The van der Waals surface area contributed by atoms with Gasteiger partial charge in [-0.05, 0) is 29.3 Å². The Balaban J connectivity index is 2.07. The lowest BCUT2D eigenvalue weighted by Gasteiger charge is -2.16. The molecule has 0 aliphatic carbocycles. The molecule has 100 valence electrons. The molecule has 2 aromatic heterocycles. The first kappa shape index (κ1) is 12.7. The van der Waals surface area contributed by atoms with Crippen molar-refractivity contribution in [3.8, 4) is 0 Å². The summed E-state index contributed by atoms with van der Waals surface area (Å²) in [5.41, 5.74) is 5.10. The standard InChI is InChI=1S/C15H13FN4/c16-13-6-12(7-18-9-13)15(20-17)11-5-10-3-1-2-4-14(10)19-8-11/h1-9,15,20H,17H2. The minimum atomic E-state index is -0.392. The second-order valence-corrected chi connectivity index (χ2v) is 4.50. The summed E-state index contributed by atoms with van der Waals surface area (Å²) in [6.45, 7) is 0. The minimum absolute atomic E-state index is 0.352. The lowest BCUT2D eigenvalue weighted by Crippen LogP contribution is -2.29. The maximum absolute atomic E-state index is 13.3. The molecular formula is C15H13FN4. The molecule has 0 bridgehead atoms. The van der Waals surface area contributed by atoms with Crippen LogP contribution in [0.4, 0.5) is 4.39 Å². The molecule has 5 heteroatoms. The molecule has 0 aliphatic rings.